The van der Waals surface area contributed by atoms with Gasteiger partial charge < -0.3 is 14.8 Å². The van der Waals surface area contributed by atoms with E-state index in [0.29, 0.717) is 15.6 Å². The first-order valence-corrected chi connectivity index (χ1v) is 7.51. The number of esters is 2. The van der Waals surface area contributed by atoms with E-state index in [9.17, 15) is 14.4 Å². The molecule has 1 aromatic carbocycles. The first kappa shape index (κ1) is 19.3. The Bertz CT molecular complexity index is 591. The summed E-state index contributed by atoms with van der Waals surface area (Å²) < 4.78 is 9.14. The monoisotopic (exact) mass is 361 g/mol. The average molecular weight is 362 g/mol. The summed E-state index contributed by atoms with van der Waals surface area (Å²) in [5, 5.41) is 3.38. The van der Waals surface area contributed by atoms with E-state index in [4.69, 9.17) is 23.2 Å². The Morgan fingerprint density at radius 3 is 2.39 bits per heavy atom. The molecule has 0 radical (unpaired) electrons. The molecule has 126 valence electrons. The fraction of sp³-hybridized carbons (Fsp3) is 0.400. The summed E-state index contributed by atoms with van der Waals surface area (Å²) in [5.41, 5.74) is 0.639. The van der Waals surface area contributed by atoms with E-state index in [1.165, 1.54) is 14.2 Å². The van der Waals surface area contributed by atoms with Crippen LogP contribution in [0.25, 0.3) is 0 Å². The lowest BCUT2D eigenvalue weighted by Crippen LogP contribution is -2.43. The molecular weight excluding hydrogens is 345 g/mol. The van der Waals surface area contributed by atoms with Gasteiger partial charge in [0.2, 0.25) is 5.91 Å². The predicted molar refractivity (Wildman–Crippen MR) is 85.4 cm³/mol. The zero-order chi connectivity index (χ0) is 17.4. The van der Waals surface area contributed by atoms with Gasteiger partial charge in [0.05, 0.1) is 20.6 Å². The Hall–Kier alpha value is -1.79. The molecule has 1 rings (SSSR count). The maximum atomic E-state index is 11.8. The highest BCUT2D eigenvalue weighted by molar-refractivity contribution is 6.35. The van der Waals surface area contributed by atoms with Crippen LogP contribution in [-0.2, 0) is 30.3 Å². The van der Waals surface area contributed by atoms with Gasteiger partial charge in [0.15, 0.2) is 0 Å². The smallest absolute Gasteiger partial charge is 0.328 e. The number of hydrogen-bond acceptors (Lipinski definition) is 5. The summed E-state index contributed by atoms with van der Waals surface area (Å²) in [6, 6.07) is 3.94. The van der Waals surface area contributed by atoms with Crippen LogP contribution < -0.4 is 5.32 Å². The molecule has 0 heterocycles. The number of carbonyl (C=O) groups is 3. The molecule has 0 fully saturated rings. The zero-order valence-electron chi connectivity index (χ0n) is 12.7. The maximum absolute atomic E-state index is 11.8. The van der Waals surface area contributed by atoms with E-state index in [2.05, 4.69) is 14.8 Å². The molecule has 0 aliphatic rings. The summed E-state index contributed by atoms with van der Waals surface area (Å²) >= 11 is 11.9. The highest BCUT2D eigenvalue weighted by Gasteiger charge is 2.23. The van der Waals surface area contributed by atoms with Crippen LogP contribution in [0.2, 0.25) is 10.0 Å². The van der Waals surface area contributed by atoms with Gasteiger partial charge >= 0.3 is 11.9 Å². The molecule has 8 heteroatoms. The number of benzene rings is 1. The summed E-state index contributed by atoms with van der Waals surface area (Å²) in [6.45, 7) is 0. The molecule has 0 unspecified atom stereocenters. The third kappa shape index (κ3) is 6.46. The molecule has 0 bridgehead atoms. The molecular formula is C15H17Cl2NO5. The lowest BCUT2D eigenvalue weighted by Gasteiger charge is -2.17. The average Bonchev–Trinajstić information content (AvgIpc) is 2.53. The molecule has 1 aromatic rings. The Kier molecular flexibility index (Phi) is 7.85. The third-order valence-electron chi connectivity index (χ3n) is 3.04. The van der Waals surface area contributed by atoms with Crippen molar-refractivity contribution in [2.75, 3.05) is 14.2 Å². The molecule has 1 N–H and O–H groups in total. The van der Waals surface area contributed by atoms with Crippen molar-refractivity contribution in [3.8, 4) is 0 Å². The van der Waals surface area contributed by atoms with Crippen LogP contribution in [0.1, 0.15) is 18.4 Å². The summed E-state index contributed by atoms with van der Waals surface area (Å²) in [5.74, 6) is -1.58. The summed E-state index contributed by atoms with van der Waals surface area (Å²) in [7, 11) is 2.46. The van der Waals surface area contributed by atoms with Crippen molar-refractivity contribution in [2.24, 2.45) is 0 Å². The predicted octanol–water partition coefficient (Wildman–Crippen LogP) is 2.15. The van der Waals surface area contributed by atoms with Crippen molar-refractivity contribution in [3.05, 3.63) is 33.8 Å². The van der Waals surface area contributed by atoms with Crippen LogP contribution >= 0.6 is 23.2 Å². The lowest BCUT2D eigenvalue weighted by atomic mass is 10.1. The fourth-order valence-electron chi connectivity index (χ4n) is 1.83. The molecule has 1 amide bonds. The number of methoxy groups -OCH3 is 2. The highest BCUT2D eigenvalue weighted by atomic mass is 35.5. The molecule has 23 heavy (non-hydrogen) atoms. The van der Waals surface area contributed by atoms with Gasteiger partial charge in [0, 0.05) is 22.9 Å². The molecule has 0 aliphatic heterocycles. The largest absolute Gasteiger partial charge is 0.469 e. The van der Waals surface area contributed by atoms with Crippen molar-refractivity contribution < 1.29 is 23.9 Å². The van der Waals surface area contributed by atoms with E-state index in [1.54, 1.807) is 18.2 Å². The summed E-state index contributed by atoms with van der Waals surface area (Å²) in [4.78, 5) is 34.7. The highest BCUT2D eigenvalue weighted by Crippen LogP contribution is 2.22. The van der Waals surface area contributed by atoms with Gasteiger partial charge in [-0.3, -0.25) is 9.59 Å². The SMILES string of the molecule is COC(=O)CCC(=O)N[C@@H](Cc1ccc(Cl)cc1Cl)C(=O)OC. The normalized spacial score (nSPS) is 11.5. The Morgan fingerprint density at radius 1 is 1.13 bits per heavy atom. The van der Waals surface area contributed by atoms with Gasteiger partial charge in [-0.25, -0.2) is 4.79 Å². The second-order valence-corrected chi connectivity index (χ2v) is 5.50. The molecule has 1 atom stereocenters. The minimum absolute atomic E-state index is 0.0715. The second-order valence-electron chi connectivity index (χ2n) is 4.66. The van der Waals surface area contributed by atoms with Crippen molar-refractivity contribution >= 4 is 41.0 Å². The van der Waals surface area contributed by atoms with Crippen LogP contribution in [0.4, 0.5) is 0 Å². The quantitative estimate of drug-likeness (QED) is 0.752. The minimum atomic E-state index is -0.913. The fourth-order valence-corrected chi connectivity index (χ4v) is 2.31. The van der Waals surface area contributed by atoms with Crippen LogP contribution in [0.3, 0.4) is 0 Å². The minimum Gasteiger partial charge on any atom is -0.469 e. The van der Waals surface area contributed by atoms with Crippen molar-refractivity contribution in [1.29, 1.82) is 0 Å². The van der Waals surface area contributed by atoms with Gasteiger partial charge in [-0.2, -0.15) is 0 Å². The van der Waals surface area contributed by atoms with Gasteiger partial charge in [0.1, 0.15) is 6.04 Å². The molecule has 0 spiro atoms. The number of hydrogen-bond donors (Lipinski definition) is 1. The third-order valence-corrected chi connectivity index (χ3v) is 3.63. The standard InChI is InChI=1S/C15H17Cl2NO5/c1-22-14(20)6-5-13(19)18-12(15(21)23-2)7-9-3-4-10(16)8-11(9)17/h3-4,8,12H,5-7H2,1-2H3,(H,18,19)/t12-/m0/s1. The van der Waals surface area contributed by atoms with Crippen molar-refractivity contribution in [2.45, 2.75) is 25.3 Å². The Balaban J connectivity index is 2.74. The Morgan fingerprint density at radius 2 is 1.83 bits per heavy atom. The molecule has 0 aliphatic carbocycles. The molecule has 6 nitrogen and oxygen atoms in total. The van der Waals surface area contributed by atoms with Crippen molar-refractivity contribution in [3.63, 3.8) is 0 Å². The van der Waals surface area contributed by atoms with Gasteiger partial charge in [0.25, 0.3) is 0 Å². The number of ether oxygens (including phenoxy) is 2. The van der Waals surface area contributed by atoms with E-state index < -0.39 is 23.9 Å². The van der Waals surface area contributed by atoms with Gasteiger partial charge in [-0.05, 0) is 17.7 Å². The van der Waals surface area contributed by atoms with E-state index in [-0.39, 0.29) is 19.3 Å². The lowest BCUT2D eigenvalue weighted by molar-refractivity contribution is -0.145. The van der Waals surface area contributed by atoms with E-state index >= 15 is 0 Å². The molecule has 0 aromatic heterocycles. The van der Waals surface area contributed by atoms with Crippen LogP contribution in [0.5, 0.6) is 0 Å². The number of halogens is 2. The topological polar surface area (TPSA) is 81.7 Å². The van der Waals surface area contributed by atoms with Crippen LogP contribution in [0, 0.1) is 0 Å². The first-order valence-electron chi connectivity index (χ1n) is 6.75. The van der Waals surface area contributed by atoms with Crippen LogP contribution in [0.15, 0.2) is 18.2 Å². The van der Waals surface area contributed by atoms with Gasteiger partial charge in [-0.1, -0.05) is 29.3 Å². The van der Waals surface area contributed by atoms with E-state index in [0.717, 1.165) is 0 Å². The maximum Gasteiger partial charge on any atom is 0.328 e. The Labute approximate surface area is 144 Å². The second kappa shape index (κ2) is 9.37. The van der Waals surface area contributed by atoms with E-state index in [1.807, 2.05) is 0 Å². The number of nitrogens with one attached hydrogen (secondary N) is 1. The first-order chi connectivity index (χ1) is 10.9. The van der Waals surface area contributed by atoms with Crippen molar-refractivity contribution in [1.82, 2.24) is 5.32 Å². The number of rotatable bonds is 7. The number of carbonyl (C=O) groups excluding carboxylic acids is 3. The van der Waals surface area contributed by atoms with Gasteiger partial charge in [-0.15, -0.1) is 0 Å². The molecule has 0 saturated heterocycles. The summed E-state index contributed by atoms with van der Waals surface area (Å²) in [6.07, 6.45) is -0.0148. The van der Waals surface area contributed by atoms with Crippen LogP contribution in [-0.4, -0.2) is 38.1 Å². The zero-order valence-corrected chi connectivity index (χ0v) is 14.2. The number of amides is 1. The molecule has 0 saturated carbocycles.